The molecule has 52 heteroatoms. The van der Waals surface area contributed by atoms with Crippen molar-refractivity contribution in [3.05, 3.63) is 83.9 Å². The molecule has 1 aromatic heterocycles. The summed E-state index contributed by atoms with van der Waals surface area (Å²) in [5.41, 5.74) is 4.06. The Morgan fingerprint density at radius 2 is 0.698 bits per heavy atom. The monoisotopic (exact) mass is 1850 g/mol. The van der Waals surface area contributed by atoms with Gasteiger partial charge in [0.1, 0.15) is 219 Å². The van der Waals surface area contributed by atoms with E-state index in [-0.39, 0.29) is 12.1 Å². The minimum Gasteiger partial charge on any atom is -0.449 e. The van der Waals surface area contributed by atoms with Gasteiger partial charge in [0.25, 0.3) is 0 Å². The number of alkyl carbamates (subject to hydrolysis) is 1. The van der Waals surface area contributed by atoms with E-state index in [4.69, 9.17) is 80.6 Å². The highest BCUT2D eigenvalue weighted by Gasteiger charge is 2.61. The zero-order chi connectivity index (χ0) is 93.0. The summed E-state index contributed by atoms with van der Waals surface area (Å²) in [5.74, 6) is -4.56. The highest BCUT2D eigenvalue weighted by Crippen LogP contribution is 2.46. The number of benzene rings is 3. The zero-order valence-electron chi connectivity index (χ0n) is 68.4. The van der Waals surface area contributed by atoms with E-state index in [0.29, 0.717) is 5.52 Å². The number of ether oxygens (including phenoxy) is 16. The fourth-order valence-electron chi connectivity index (χ4n) is 16.9. The molecular weight excluding hydrogens is 1740 g/mol. The van der Waals surface area contributed by atoms with Crippen molar-refractivity contribution in [1.29, 1.82) is 0 Å². The Morgan fingerprint density at radius 3 is 1.09 bits per heavy atom. The van der Waals surface area contributed by atoms with Crippen molar-refractivity contribution in [2.75, 3.05) is 59.5 Å². The Bertz CT molecular complexity index is 4310. The molecule has 8 aliphatic heterocycles. The van der Waals surface area contributed by atoms with Crippen LogP contribution < -0.4 is 26.1 Å². The molecule has 27 N–H and O–H groups in total. The van der Waals surface area contributed by atoms with Crippen LogP contribution >= 0.6 is 0 Å². The van der Waals surface area contributed by atoms with E-state index < -0.39 is 346 Å². The van der Waals surface area contributed by atoms with Crippen LogP contribution in [0.5, 0.6) is 0 Å². The van der Waals surface area contributed by atoms with Crippen LogP contribution in [0.1, 0.15) is 37.3 Å². The molecule has 129 heavy (non-hydrogen) atoms. The number of hydrogen-bond acceptors (Lipinski definition) is 47. The summed E-state index contributed by atoms with van der Waals surface area (Å²) in [6.07, 6.45) is -78.8. The quantitative estimate of drug-likeness (QED) is 0.0202. The molecule has 8 saturated heterocycles. The smallest absolute Gasteiger partial charge is 0.407 e. The Hall–Kier alpha value is -7.31. The van der Waals surface area contributed by atoms with Crippen molar-refractivity contribution >= 4 is 40.8 Å². The third-order valence-electron chi connectivity index (χ3n) is 23.6. The molecule has 0 radical (unpaired) electrons. The molecule has 0 spiro atoms. The first kappa shape index (κ1) is 99.2. The fourth-order valence-corrected chi connectivity index (χ4v) is 16.9. The number of para-hydroxylation sites is 1. The molecular formula is C77H107N7O45. The summed E-state index contributed by atoms with van der Waals surface area (Å²) >= 11 is 0. The molecule has 52 nitrogen and oxygen atoms in total. The summed E-state index contributed by atoms with van der Waals surface area (Å²) in [4.78, 5) is 74.3. The lowest BCUT2D eigenvalue weighted by molar-refractivity contribution is -0.397. The Kier molecular flexibility index (Phi) is 33.3. The summed E-state index contributed by atoms with van der Waals surface area (Å²) in [6.45, 7) is -6.82. The van der Waals surface area contributed by atoms with Crippen molar-refractivity contribution in [3.8, 4) is 11.1 Å². The van der Waals surface area contributed by atoms with Gasteiger partial charge in [-0.25, -0.2) is 9.59 Å². The Balaban J connectivity index is 0.612. The van der Waals surface area contributed by atoms with E-state index in [9.17, 15) is 141 Å². The first-order valence-corrected chi connectivity index (χ1v) is 41.1. The van der Waals surface area contributed by atoms with E-state index in [0.717, 1.165) is 40.9 Å². The average Bonchev–Trinajstić information content (AvgIpc) is 1.63. The van der Waals surface area contributed by atoms with Crippen molar-refractivity contribution in [2.24, 2.45) is 0 Å². The number of aliphatic hydroxyl groups excluding tert-OH is 23. The van der Waals surface area contributed by atoms with Gasteiger partial charge in [0.15, 0.2) is 50.3 Å². The number of nitrogens with zero attached hydrogens (tertiary/aromatic N) is 3. The topological polar surface area (TPSA) is 786 Å². The minimum absolute atomic E-state index is 0.211. The van der Waals surface area contributed by atoms with E-state index in [1.54, 1.807) is 18.2 Å². The van der Waals surface area contributed by atoms with Crippen LogP contribution in [-0.2, 0) is 95.0 Å². The van der Waals surface area contributed by atoms with Crippen molar-refractivity contribution in [2.45, 2.75) is 278 Å². The molecule has 8 fully saturated rings. The number of carbonyl (C=O) groups excluding carboxylic acids is 5. The maximum atomic E-state index is 14.3. The molecule has 13 rings (SSSR count). The molecule has 4 aromatic rings. The number of amides is 4. The largest absolute Gasteiger partial charge is 0.449 e. The standard InChI is InChI=1S/C77H107N7O45/c1-25(93)78-44-47(97)61(36(17-86)114-68(44)81-43(95)15-33(69(111)129-84-34-14-8-7-13-32(34)82-83-84)80-77(112)113-24-31-29-11-5-3-9-27(29)28-10-4-6-12-30(28)31)122-70-45(79-26(2)94)48(98)62(37(18-87)116-70)123-72-56(106)50(100)64(39(20-89)117-72)125-74-58(108)52(102)66(41(22-91)119-74)127-76-60(110)54(104)67(42(23-92)121-76)128-75-59(109)53(103)65(40(21-90)120-75)126-73-57(107)51(101)63(38(19-88)118-73)124-71-55(105)49(99)46(96)35(16-85)115-71/h3-14,31,33,35-42,44-68,70-76,85-92,96-110H,15-24H2,1-2H3,(H,78,93)(H,79,94)(H,80,112)(H,81,95)/t33-,35+,36+,37+,38+,39+,40+,41+,42+,44+,45+,46+,47+,48+,49-,50+,51+,52+,53+,54+,55-,56-,57-,58-,59-,60-,61+,62+,63+,64+,65+,66+,67+,68+,70-,71-,72-,73-,74-,75-,76-/m0/s1. The van der Waals surface area contributed by atoms with E-state index >= 15 is 0 Å². The zero-order valence-corrected chi connectivity index (χ0v) is 68.4. The van der Waals surface area contributed by atoms with Crippen LogP contribution in [0.15, 0.2) is 72.8 Å². The second-order valence-electron chi connectivity index (χ2n) is 32.0. The summed E-state index contributed by atoms with van der Waals surface area (Å²) in [7, 11) is 0. The van der Waals surface area contributed by atoms with Gasteiger partial charge < -0.3 is 219 Å². The highest BCUT2D eigenvalue weighted by atomic mass is 16.8. The lowest BCUT2D eigenvalue weighted by Gasteiger charge is -2.50. The molecule has 4 amide bonds. The van der Waals surface area contributed by atoms with Gasteiger partial charge in [-0.1, -0.05) is 65.5 Å². The first-order chi connectivity index (χ1) is 61.7. The molecule has 0 bridgehead atoms. The Labute approximate surface area is 729 Å². The fraction of sp³-hybridized carbons (Fsp3) is 0.701. The number of rotatable bonds is 32. The number of carbonyl (C=O) groups is 5. The van der Waals surface area contributed by atoms with Crippen molar-refractivity contribution in [3.63, 3.8) is 0 Å². The van der Waals surface area contributed by atoms with Crippen LogP contribution in [0.25, 0.3) is 22.2 Å². The van der Waals surface area contributed by atoms with Crippen LogP contribution in [0.4, 0.5) is 4.79 Å². The van der Waals surface area contributed by atoms with Crippen molar-refractivity contribution in [1.82, 2.24) is 36.4 Å². The second kappa shape index (κ2) is 43.4. The number of nitrogens with one attached hydrogen (secondary N) is 4. The van der Waals surface area contributed by atoms with Crippen LogP contribution in [0, 0.1) is 0 Å². The summed E-state index contributed by atoms with van der Waals surface area (Å²) < 4.78 is 92.4. The van der Waals surface area contributed by atoms with Crippen molar-refractivity contribution < 1.29 is 222 Å². The third kappa shape index (κ3) is 21.1. The molecule has 9 heterocycles. The Morgan fingerprint density at radius 1 is 0.372 bits per heavy atom. The second-order valence-corrected chi connectivity index (χ2v) is 32.0. The third-order valence-corrected chi connectivity index (χ3v) is 23.6. The predicted molar refractivity (Wildman–Crippen MR) is 409 cm³/mol. The van der Waals surface area contributed by atoms with E-state index in [1.807, 2.05) is 48.5 Å². The summed E-state index contributed by atoms with van der Waals surface area (Å²) in [5, 5.41) is 271. The molecule has 3 aromatic carbocycles. The van der Waals surface area contributed by atoms with Gasteiger partial charge in [0, 0.05) is 19.8 Å². The van der Waals surface area contributed by atoms with Gasteiger partial charge in [-0.05, 0) is 39.6 Å². The maximum absolute atomic E-state index is 14.3. The number of aliphatic hydroxyl groups is 23. The number of aromatic nitrogens is 3. The summed E-state index contributed by atoms with van der Waals surface area (Å²) in [6, 6.07) is 15.8. The van der Waals surface area contributed by atoms with Gasteiger partial charge in [-0.3, -0.25) is 14.4 Å². The van der Waals surface area contributed by atoms with Crippen LogP contribution in [0.2, 0.25) is 0 Å². The molecule has 1 aliphatic carbocycles. The molecule has 41 atom stereocenters. The highest BCUT2D eigenvalue weighted by molar-refractivity contribution is 5.89. The predicted octanol–water partition coefficient (Wildman–Crippen LogP) is -15.3. The van der Waals surface area contributed by atoms with Crippen LogP contribution in [0.3, 0.4) is 0 Å². The molecule has 0 unspecified atom stereocenters. The lowest BCUT2D eigenvalue weighted by atomic mass is 9.93. The molecule has 9 aliphatic rings. The molecule has 0 saturated carbocycles. The number of fused-ring (bicyclic) bond motifs is 4. The number of hydrogen-bond donors (Lipinski definition) is 27. The van der Waals surface area contributed by atoms with E-state index in [2.05, 4.69) is 31.6 Å². The normalized spacial score (nSPS) is 41.0. The lowest BCUT2D eigenvalue weighted by Crippen LogP contribution is -2.71. The SMILES string of the molecule is CC(=O)N[C@@H]1[C@@H](O)[C@H](O[C@@H]2O[C@H](CO)[C@@H](O[C@@H]3O[C@H](CO)[C@@H](O[C@@H]4O[C@H](CO)[C@@H](O[C@@H]5O[C@H](CO)[C@@H](O[C@@H]6O[C@H](CO)[C@@H](O[C@@H]7O[C@H](CO)[C@@H](O[C@@H]8O[C@H](CO)[C@@H](O)[C@H](O)[C@@H]8O)[C@H](O)[C@@H]7O)[C@H](O)[C@@H]6O)[C@H](O)[C@@H]5O)[C@H](O)[C@@H]4O)[C@H](O)[C@@H]3O)[C@H](O)[C@H]2NC(C)=O)[C@@H](CO)O[C@H]1NC(=O)C[C@H](NC(=O)OCC1c2ccccc2-c2ccccc21)C(=O)On1nnc2ccccc21. The average molecular weight is 1850 g/mol. The van der Waals surface area contributed by atoms with Gasteiger partial charge in [0.2, 0.25) is 17.7 Å². The van der Waals surface area contributed by atoms with Gasteiger partial charge >= 0.3 is 12.1 Å². The maximum Gasteiger partial charge on any atom is 0.407 e. The van der Waals surface area contributed by atoms with Gasteiger partial charge in [-0.2, -0.15) is 0 Å². The molecule has 720 valence electrons. The van der Waals surface area contributed by atoms with Gasteiger partial charge in [0.05, 0.1) is 59.3 Å². The minimum atomic E-state index is -2.33. The van der Waals surface area contributed by atoms with Gasteiger partial charge in [-0.15, -0.1) is 5.10 Å². The van der Waals surface area contributed by atoms with Crippen LogP contribution in [-0.4, -0.2) is 473 Å². The first-order valence-electron chi connectivity index (χ1n) is 41.1. The van der Waals surface area contributed by atoms with E-state index in [1.165, 1.54) is 6.07 Å².